The van der Waals surface area contributed by atoms with E-state index >= 15 is 0 Å². The molecule has 11 heteroatoms. The third-order valence-electron chi connectivity index (χ3n) is 7.07. The van der Waals surface area contributed by atoms with Crippen molar-refractivity contribution in [3.8, 4) is 22.8 Å². The van der Waals surface area contributed by atoms with E-state index in [4.69, 9.17) is 9.97 Å². The molecule has 5 aromatic heterocycles. The molecule has 0 aromatic carbocycles. The van der Waals surface area contributed by atoms with Crippen LogP contribution < -0.4 is 10.2 Å². The van der Waals surface area contributed by atoms with Crippen LogP contribution in [0, 0.1) is 5.92 Å². The predicted octanol–water partition coefficient (Wildman–Crippen LogP) is 3.06. The monoisotopic (exact) mass is 494 g/mol. The van der Waals surface area contributed by atoms with Gasteiger partial charge in [0.1, 0.15) is 11.0 Å². The van der Waals surface area contributed by atoms with Crippen molar-refractivity contribution in [2.45, 2.75) is 12.8 Å². The Bertz CT molecular complexity index is 1630. The maximum absolute atomic E-state index is 12.2. The first-order chi connectivity index (χ1) is 18.1. The number of carbonyl (C=O) groups excluding carboxylic acids is 1. The number of fused-ring (bicyclic) bond motifs is 2. The number of nitrogens with one attached hydrogen (secondary N) is 3. The predicted molar refractivity (Wildman–Crippen MR) is 141 cm³/mol. The van der Waals surface area contributed by atoms with Crippen LogP contribution in [0.3, 0.4) is 0 Å². The van der Waals surface area contributed by atoms with Crippen LogP contribution in [0.5, 0.6) is 0 Å². The molecule has 0 bridgehead atoms. The first-order valence-electron chi connectivity index (χ1n) is 12.5. The molecule has 37 heavy (non-hydrogen) atoms. The van der Waals surface area contributed by atoms with Gasteiger partial charge in [-0.05, 0) is 44.2 Å². The number of H-pyrrole nitrogens is 2. The normalized spacial score (nSPS) is 16.5. The third-order valence-corrected chi connectivity index (χ3v) is 7.07. The SMILES string of the molecule is CN1CCN(c2nccc3[nH]c(-c4n[nH]c5ccc(-c6cncc(NC(=O)C7CC7)c6)nc45)nc23)CC1. The van der Waals surface area contributed by atoms with Gasteiger partial charge in [0.05, 0.1) is 28.6 Å². The minimum Gasteiger partial charge on any atom is -0.352 e. The van der Waals surface area contributed by atoms with Crippen LogP contribution in [0.15, 0.2) is 42.9 Å². The summed E-state index contributed by atoms with van der Waals surface area (Å²) in [5.74, 6) is 1.70. The fourth-order valence-electron chi connectivity index (χ4n) is 4.75. The summed E-state index contributed by atoms with van der Waals surface area (Å²) in [6, 6.07) is 7.70. The molecule has 1 saturated carbocycles. The Morgan fingerprint density at radius 2 is 1.89 bits per heavy atom. The summed E-state index contributed by atoms with van der Waals surface area (Å²) in [6.07, 6.45) is 7.13. The van der Waals surface area contributed by atoms with Gasteiger partial charge in [-0.3, -0.25) is 14.9 Å². The van der Waals surface area contributed by atoms with Crippen molar-refractivity contribution in [1.82, 2.24) is 40.0 Å². The summed E-state index contributed by atoms with van der Waals surface area (Å²) in [4.78, 5) is 39.0. The first-order valence-corrected chi connectivity index (χ1v) is 12.5. The molecule has 0 atom stereocenters. The molecule has 6 heterocycles. The van der Waals surface area contributed by atoms with Gasteiger partial charge in [0.15, 0.2) is 17.3 Å². The van der Waals surface area contributed by atoms with Crippen LogP contribution in [-0.4, -0.2) is 79.2 Å². The lowest BCUT2D eigenvalue weighted by atomic mass is 10.1. The highest BCUT2D eigenvalue weighted by Gasteiger charge is 2.29. The van der Waals surface area contributed by atoms with Crippen molar-refractivity contribution in [2.75, 3.05) is 43.4 Å². The number of nitrogens with zero attached hydrogens (tertiary/aromatic N) is 7. The van der Waals surface area contributed by atoms with E-state index in [0.29, 0.717) is 22.7 Å². The highest BCUT2D eigenvalue weighted by molar-refractivity contribution is 5.95. The number of rotatable bonds is 5. The molecule has 1 amide bonds. The molecule has 5 aromatic rings. The zero-order valence-electron chi connectivity index (χ0n) is 20.4. The van der Waals surface area contributed by atoms with Crippen LogP contribution in [0.4, 0.5) is 11.5 Å². The molecular weight excluding hydrogens is 468 g/mol. The van der Waals surface area contributed by atoms with Crippen molar-refractivity contribution in [3.05, 3.63) is 42.9 Å². The van der Waals surface area contributed by atoms with E-state index < -0.39 is 0 Å². The summed E-state index contributed by atoms with van der Waals surface area (Å²) >= 11 is 0. The molecule has 1 aliphatic carbocycles. The number of carbonyl (C=O) groups is 1. The molecule has 2 fully saturated rings. The van der Waals surface area contributed by atoms with E-state index in [1.807, 2.05) is 30.5 Å². The number of hydrogen-bond donors (Lipinski definition) is 3. The van der Waals surface area contributed by atoms with Crippen molar-refractivity contribution in [2.24, 2.45) is 5.92 Å². The van der Waals surface area contributed by atoms with Gasteiger partial charge in [0.2, 0.25) is 5.91 Å². The lowest BCUT2D eigenvalue weighted by molar-refractivity contribution is -0.117. The summed E-state index contributed by atoms with van der Waals surface area (Å²) < 4.78 is 0. The Kier molecular flexibility index (Phi) is 5.10. The number of pyridine rings is 3. The summed E-state index contributed by atoms with van der Waals surface area (Å²) in [7, 11) is 2.14. The van der Waals surface area contributed by atoms with Crippen molar-refractivity contribution >= 4 is 39.5 Å². The van der Waals surface area contributed by atoms with Gasteiger partial charge in [-0.1, -0.05) is 0 Å². The molecule has 7 rings (SSSR count). The summed E-state index contributed by atoms with van der Waals surface area (Å²) in [6.45, 7) is 3.81. The van der Waals surface area contributed by atoms with Crippen LogP contribution in [0.2, 0.25) is 0 Å². The zero-order chi connectivity index (χ0) is 24.9. The van der Waals surface area contributed by atoms with Gasteiger partial charge in [0, 0.05) is 50.1 Å². The van der Waals surface area contributed by atoms with Gasteiger partial charge in [-0.2, -0.15) is 5.10 Å². The summed E-state index contributed by atoms with van der Waals surface area (Å²) in [5.41, 5.74) is 6.12. The van der Waals surface area contributed by atoms with Crippen molar-refractivity contribution in [1.29, 1.82) is 0 Å². The van der Waals surface area contributed by atoms with Gasteiger partial charge in [0.25, 0.3) is 0 Å². The van der Waals surface area contributed by atoms with Crippen LogP contribution in [0.25, 0.3) is 44.8 Å². The maximum atomic E-state index is 12.2. The molecule has 11 nitrogen and oxygen atoms in total. The van der Waals surface area contributed by atoms with Crippen LogP contribution in [0.1, 0.15) is 12.8 Å². The molecule has 2 aliphatic rings. The third kappa shape index (κ3) is 4.06. The highest BCUT2D eigenvalue weighted by atomic mass is 16.2. The Morgan fingerprint density at radius 3 is 2.73 bits per heavy atom. The minimum absolute atomic E-state index is 0.0507. The first kappa shape index (κ1) is 21.9. The maximum Gasteiger partial charge on any atom is 0.227 e. The number of hydrogen-bond acceptors (Lipinski definition) is 8. The van der Waals surface area contributed by atoms with E-state index in [9.17, 15) is 4.79 Å². The quantitative estimate of drug-likeness (QED) is 0.340. The Balaban J connectivity index is 1.24. The van der Waals surface area contributed by atoms with E-state index in [-0.39, 0.29) is 11.8 Å². The van der Waals surface area contributed by atoms with Gasteiger partial charge >= 0.3 is 0 Å². The fraction of sp³-hybridized carbons (Fsp3) is 0.308. The fourth-order valence-corrected chi connectivity index (χ4v) is 4.75. The van der Waals surface area contributed by atoms with Gasteiger partial charge in [-0.25, -0.2) is 15.0 Å². The standard InChI is InChI=1S/C26H26N10O/c1-35-8-10-36(11-9-35)25-22-19(6-7-28-25)31-24(32-22)23-21-20(33-34-23)5-4-18(30-21)16-12-17(14-27-13-16)29-26(37)15-2-3-15/h4-7,12-15H,2-3,8-11H2,1H3,(H,29,37)(H,31,32)(H,33,34). The number of aromatic amines is 2. The van der Waals surface area contributed by atoms with Gasteiger partial charge in [-0.15, -0.1) is 0 Å². The summed E-state index contributed by atoms with van der Waals surface area (Å²) in [5, 5.41) is 10.6. The van der Waals surface area contributed by atoms with Gasteiger partial charge < -0.3 is 20.1 Å². The number of imidazole rings is 1. The van der Waals surface area contributed by atoms with Crippen LogP contribution in [-0.2, 0) is 4.79 Å². The molecular formula is C26H26N10O. The molecule has 0 spiro atoms. The molecule has 3 N–H and O–H groups in total. The lowest BCUT2D eigenvalue weighted by Gasteiger charge is -2.33. The van der Waals surface area contributed by atoms with E-state index in [1.54, 1.807) is 12.4 Å². The number of anilines is 2. The van der Waals surface area contributed by atoms with Crippen molar-refractivity contribution in [3.63, 3.8) is 0 Å². The Morgan fingerprint density at radius 1 is 1.03 bits per heavy atom. The van der Waals surface area contributed by atoms with E-state index in [0.717, 1.165) is 72.6 Å². The molecule has 0 radical (unpaired) electrons. The smallest absolute Gasteiger partial charge is 0.227 e. The molecule has 186 valence electrons. The number of likely N-dealkylation sites (N-methyl/N-ethyl adjacent to an activating group) is 1. The highest BCUT2D eigenvalue weighted by Crippen LogP contribution is 2.32. The Hall–Kier alpha value is -4.38. The molecule has 1 aliphatic heterocycles. The second-order valence-electron chi connectivity index (χ2n) is 9.80. The van der Waals surface area contributed by atoms with Crippen molar-refractivity contribution < 1.29 is 4.79 Å². The zero-order valence-corrected chi connectivity index (χ0v) is 20.4. The second-order valence-corrected chi connectivity index (χ2v) is 9.80. The average molecular weight is 495 g/mol. The minimum atomic E-state index is 0.0507. The average Bonchev–Trinajstić information content (AvgIpc) is 3.55. The molecule has 1 saturated heterocycles. The number of aromatic nitrogens is 7. The Labute approximate surface area is 212 Å². The molecule has 0 unspecified atom stereocenters. The van der Waals surface area contributed by atoms with Crippen LogP contribution >= 0.6 is 0 Å². The topological polar surface area (TPSA) is 132 Å². The van der Waals surface area contributed by atoms with E-state index in [1.165, 1.54) is 0 Å². The lowest BCUT2D eigenvalue weighted by Crippen LogP contribution is -2.44. The number of piperazine rings is 1. The number of amides is 1. The second kappa shape index (κ2) is 8.63. The van der Waals surface area contributed by atoms with E-state index in [2.05, 4.69) is 47.3 Å². The largest absolute Gasteiger partial charge is 0.352 e.